The van der Waals surface area contributed by atoms with E-state index in [4.69, 9.17) is 0 Å². The van der Waals surface area contributed by atoms with Crippen molar-refractivity contribution in [3.05, 3.63) is 24.3 Å². The summed E-state index contributed by atoms with van der Waals surface area (Å²) in [6, 6.07) is 7.66. The molecule has 1 unspecified atom stereocenters. The molecule has 0 aromatic heterocycles. The first-order valence-electron chi connectivity index (χ1n) is 11.7. The van der Waals surface area contributed by atoms with E-state index in [1.54, 1.807) is 0 Å². The average molecular weight is 398 g/mol. The molecule has 0 bridgehead atoms. The van der Waals surface area contributed by atoms with Crippen LogP contribution in [-0.2, 0) is 9.59 Å². The Kier molecular flexibility index (Phi) is 6.73. The van der Waals surface area contributed by atoms with Gasteiger partial charge in [-0.05, 0) is 68.7 Å². The number of rotatable bonds is 6. The highest BCUT2D eigenvalue weighted by Gasteiger charge is 2.37. The molecule has 1 heterocycles. The third-order valence-electron chi connectivity index (χ3n) is 7.01. The standard InChI is InChI=1S/C24H35N3O2/c28-23(22-11-6-16-27(22)24(29)19-9-2-1-3-10-19)26-21-14-12-20(13-15-21)25-17-18-7-4-5-8-18/h12-15,18-19,22,25H,1-11,16-17H2,(H,26,28). The Balaban J connectivity index is 1.30. The van der Waals surface area contributed by atoms with Crippen LogP contribution in [0.2, 0.25) is 0 Å². The minimum Gasteiger partial charge on any atom is -0.385 e. The molecule has 2 aliphatic carbocycles. The number of hydrogen-bond donors (Lipinski definition) is 2. The van der Waals surface area contributed by atoms with Crippen molar-refractivity contribution in [1.82, 2.24) is 4.90 Å². The van der Waals surface area contributed by atoms with Crippen LogP contribution in [0.3, 0.4) is 0 Å². The first-order valence-corrected chi connectivity index (χ1v) is 11.7. The van der Waals surface area contributed by atoms with E-state index in [0.29, 0.717) is 0 Å². The number of likely N-dealkylation sites (tertiary alicyclic amines) is 1. The maximum atomic E-state index is 12.9. The van der Waals surface area contributed by atoms with Gasteiger partial charge in [-0.3, -0.25) is 9.59 Å². The van der Waals surface area contributed by atoms with Crippen molar-refractivity contribution in [3.63, 3.8) is 0 Å². The molecule has 4 rings (SSSR count). The highest BCUT2D eigenvalue weighted by atomic mass is 16.2. The smallest absolute Gasteiger partial charge is 0.247 e. The van der Waals surface area contributed by atoms with Gasteiger partial charge in [0.25, 0.3) is 0 Å². The lowest BCUT2D eigenvalue weighted by Crippen LogP contribution is -2.46. The van der Waals surface area contributed by atoms with Crippen molar-refractivity contribution in [2.45, 2.75) is 76.7 Å². The summed E-state index contributed by atoms with van der Waals surface area (Å²) in [4.78, 5) is 27.7. The van der Waals surface area contributed by atoms with Crippen molar-refractivity contribution in [2.24, 2.45) is 11.8 Å². The van der Waals surface area contributed by atoms with Crippen LogP contribution in [0.15, 0.2) is 24.3 Å². The predicted molar refractivity (Wildman–Crippen MR) is 117 cm³/mol. The van der Waals surface area contributed by atoms with E-state index in [9.17, 15) is 9.59 Å². The number of carbonyl (C=O) groups is 2. The molecular formula is C24H35N3O2. The molecule has 1 saturated heterocycles. The Morgan fingerprint density at radius 3 is 2.21 bits per heavy atom. The number of hydrogen-bond acceptors (Lipinski definition) is 3. The zero-order valence-electron chi connectivity index (χ0n) is 17.5. The van der Waals surface area contributed by atoms with Crippen molar-refractivity contribution in [1.29, 1.82) is 0 Å². The number of amides is 2. The molecule has 1 aromatic carbocycles. The van der Waals surface area contributed by atoms with Gasteiger partial charge in [-0.15, -0.1) is 0 Å². The van der Waals surface area contributed by atoms with Gasteiger partial charge < -0.3 is 15.5 Å². The predicted octanol–water partition coefficient (Wildman–Crippen LogP) is 4.80. The topological polar surface area (TPSA) is 61.4 Å². The van der Waals surface area contributed by atoms with Crippen LogP contribution in [-0.4, -0.2) is 35.8 Å². The van der Waals surface area contributed by atoms with Crippen molar-refractivity contribution >= 4 is 23.2 Å². The molecule has 5 nitrogen and oxygen atoms in total. The normalized spacial score (nSPS) is 23.3. The summed E-state index contributed by atoms with van der Waals surface area (Å²) in [5, 5.41) is 6.55. The Morgan fingerprint density at radius 1 is 0.828 bits per heavy atom. The maximum Gasteiger partial charge on any atom is 0.247 e. The number of carbonyl (C=O) groups excluding carboxylic acids is 2. The van der Waals surface area contributed by atoms with E-state index >= 15 is 0 Å². The number of anilines is 2. The fourth-order valence-corrected chi connectivity index (χ4v) is 5.26. The largest absolute Gasteiger partial charge is 0.385 e. The summed E-state index contributed by atoms with van der Waals surface area (Å²) < 4.78 is 0. The van der Waals surface area contributed by atoms with E-state index in [0.717, 1.165) is 68.9 Å². The number of nitrogens with zero attached hydrogens (tertiary/aromatic N) is 1. The van der Waals surface area contributed by atoms with Crippen LogP contribution in [0.4, 0.5) is 11.4 Å². The maximum absolute atomic E-state index is 12.9. The van der Waals surface area contributed by atoms with E-state index in [-0.39, 0.29) is 23.8 Å². The van der Waals surface area contributed by atoms with Crippen LogP contribution in [0.1, 0.15) is 70.6 Å². The molecule has 2 N–H and O–H groups in total. The summed E-state index contributed by atoms with van der Waals surface area (Å²) in [6.07, 6.45) is 12.6. The quantitative estimate of drug-likeness (QED) is 0.725. The first kappa shape index (κ1) is 20.2. The highest BCUT2D eigenvalue weighted by Crippen LogP contribution is 2.29. The van der Waals surface area contributed by atoms with Crippen LogP contribution >= 0.6 is 0 Å². The summed E-state index contributed by atoms with van der Waals surface area (Å²) in [5.74, 6) is 1.08. The fraction of sp³-hybridized carbons (Fsp3) is 0.667. The molecule has 158 valence electrons. The van der Waals surface area contributed by atoms with Gasteiger partial charge in [0.05, 0.1) is 0 Å². The number of benzene rings is 1. The second-order valence-electron chi connectivity index (χ2n) is 9.12. The van der Waals surface area contributed by atoms with Gasteiger partial charge in [0.1, 0.15) is 6.04 Å². The Bertz CT molecular complexity index is 691. The monoisotopic (exact) mass is 397 g/mol. The van der Waals surface area contributed by atoms with Crippen molar-refractivity contribution in [2.75, 3.05) is 23.7 Å². The average Bonchev–Trinajstić information content (AvgIpc) is 3.45. The van der Waals surface area contributed by atoms with Crippen LogP contribution < -0.4 is 10.6 Å². The molecule has 1 aliphatic heterocycles. The molecule has 1 aromatic rings. The third-order valence-corrected chi connectivity index (χ3v) is 7.01. The van der Waals surface area contributed by atoms with Gasteiger partial charge in [0.15, 0.2) is 0 Å². The molecule has 1 atom stereocenters. The molecule has 3 aliphatic rings. The van der Waals surface area contributed by atoms with Gasteiger partial charge in [0.2, 0.25) is 11.8 Å². The second kappa shape index (κ2) is 9.64. The molecule has 0 spiro atoms. The number of nitrogens with one attached hydrogen (secondary N) is 2. The Hall–Kier alpha value is -2.04. The lowest BCUT2D eigenvalue weighted by Gasteiger charge is -2.30. The first-order chi connectivity index (χ1) is 14.2. The summed E-state index contributed by atoms with van der Waals surface area (Å²) in [6.45, 7) is 1.75. The van der Waals surface area contributed by atoms with E-state index in [2.05, 4.69) is 10.6 Å². The van der Waals surface area contributed by atoms with Crippen LogP contribution in [0.5, 0.6) is 0 Å². The van der Waals surface area contributed by atoms with Gasteiger partial charge in [-0.25, -0.2) is 0 Å². The summed E-state index contributed by atoms with van der Waals surface area (Å²) >= 11 is 0. The van der Waals surface area contributed by atoms with Crippen molar-refractivity contribution < 1.29 is 9.59 Å². The van der Waals surface area contributed by atoms with Gasteiger partial charge in [-0.1, -0.05) is 32.1 Å². The molecule has 3 fully saturated rings. The van der Waals surface area contributed by atoms with Gasteiger partial charge in [0, 0.05) is 30.4 Å². The van der Waals surface area contributed by atoms with Gasteiger partial charge in [-0.2, -0.15) is 0 Å². The fourth-order valence-electron chi connectivity index (χ4n) is 5.26. The lowest BCUT2D eigenvalue weighted by molar-refractivity contribution is -0.141. The molecule has 2 saturated carbocycles. The Morgan fingerprint density at radius 2 is 1.48 bits per heavy atom. The highest BCUT2D eigenvalue weighted by molar-refractivity contribution is 5.97. The SMILES string of the molecule is O=C(Nc1ccc(NCC2CCCC2)cc1)C1CCCN1C(=O)C1CCCCC1. The third kappa shape index (κ3) is 5.12. The van der Waals surface area contributed by atoms with Crippen molar-refractivity contribution in [3.8, 4) is 0 Å². The van der Waals surface area contributed by atoms with E-state index in [1.807, 2.05) is 29.2 Å². The van der Waals surface area contributed by atoms with E-state index in [1.165, 1.54) is 32.1 Å². The lowest BCUT2D eigenvalue weighted by atomic mass is 9.88. The minimum absolute atomic E-state index is 0.0432. The molecule has 29 heavy (non-hydrogen) atoms. The van der Waals surface area contributed by atoms with Crippen LogP contribution in [0, 0.1) is 11.8 Å². The minimum atomic E-state index is -0.315. The zero-order chi connectivity index (χ0) is 20.1. The summed E-state index contributed by atoms with van der Waals surface area (Å²) in [7, 11) is 0. The molecule has 0 radical (unpaired) electrons. The second-order valence-corrected chi connectivity index (χ2v) is 9.12. The molecular weight excluding hydrogens is 362 g/mol. The van der Waals surface area contributed by atoms with Crippen LogP contribution in [0.25, 0.3) is 0 Å². The summed E-state index contributed by atoms with van der Waals surface area (Å²) in [5.41, 5.74) is 1.91. The molecule has 5 heteroatoms. The Labute approximate surface area is 174 Å². The zero-order valence-corrected chi connectivity index (χ0v) is 17.5. The molecule has 2 amide bonds. The van der Waals surface area contributed by atoms with E-state index < -0.39 is 0 Å². The van der Waals surface area contributed by atoms with Gasteiger partial charge >= 0.3 is 0 Å².